The largest absolute Gasteiger partial charge is 0.504 e. The van der Waals surface area contributed by atoms with Crippen molar-refractivity contribution in [1.29, 1.82) is 0 Å². The number of ether oxygens (including phenoxy) is 2. The molecule has 0 aliphatic heterocycles. The van der Waals surface area contributed by atoms with Gasteiger partial charge in [-0.05, 0) is 37.0 Å². The van der Waals surface area contributed by atoms with Crippen LogP contribution in [0.2, 0.25) is 0 Å². The maximum atomic E-state index is 11.7. The molecule has 6 nitrogen and oxygen atoms in total. The fraction of sp³-hybridized carbons (Fsp3) is 0.500. The van der Waals surface area contributed by atoms with Crippen molar-refractivity contribution in [3.8, 4) is 11.5 Å². The molecule has 26 heavy (non-hydrogen) atoms. The van der Waals surface area contributed by atoms with Gasteiger partial charge in [-0.2, -0.15) is 0 Å². The first-order valence-electron chi connectivity index (χ1n) is 8.98. The molecule has 0 amide bonds. The molecule has 0 aliphatic rings. The number of hydrogen-bond acceptors (Lipinski definition) is 6. The summed E-state index contributed by atoms with van der Waals surface area (Å²) in [4.78, 5) is 22.5. The lowest BCUT2D eigenvalue weighted by atomic mass is 10.1. The van der Waals surface area contributed by atoms with Gasteiger partial charge in [0.05, 0.1) is 13.2 Å². The fourth-order valence-corrected chi connectivity index (χ4v) is 2.37. The van der Waals surface area contributed by atoms with Crippen LogP contribution in [0.25, 0.3) is 0 Å². The van der Waals surface area contributed by atoms with E-state index in [0.717, 1.165) is 50.2 Å². The summed E-state index contributed by atoms with van der Waals surface area (Å²) >= 11 is 0. The Morgan fingerprint density at radius 1 is 0.923 bits per heavy atom. The van der Waals surface area contributed by atoms with Gasteiger partial charge in [0.25, 0.3) is 0 Å². The molecule has 1 aromatic carbocycles. The molecule has 144 valence electrons. The van der Waals surface area contributed by atoms with Crippen LogP contribution in [0.5, 0.6) is 11.5 Å². The Bertz CT molecular complexity index is 582. The van der Waals surface area contributed by atoms with Crippen molar-refractivity contribution in [1.82, 2.24) is 0 Å². The molecule has 0 saturated carbocycles. The molecular formula is C20H28O6. The van der Waals surface area contributed by atoms with E-state index in [-0.39, 0.29) is 29.9 Å². The highest BCUT2D eigenvalue weighted by Gasteiger charge is 2.06. The number of aromatic hydroxyl groups is 2. The highest BCUT2D eigenvalue weighted by molar-refractivity contribution is 5.81. The van der Waals surface area contributed by atoms with Gasteiger partial charge in [-0.1, -0.05) is 38.3 Å². The molecule has 0 radical (unpaired) electrons. The number of phenolic OH excluding ortho intramolecular Hbond substituents is 2. The number of phenols is 2. The number of unbranched alkanes of at least 4 members (excludes halogenated alkanes) is 5. The molecule has 0 bridgehead atoms. The Morgan fingerprint density at radius 3 is 2.15 bits per heavy atom. The highest BCUT2D eigenvalue weighted by Crippen LogP contribution is 2.25. The number of benzene rings is 1. The van der Waals surface area contributed by atoms with E-state index in [9.17, 15) is 19.8 Å². The number of esters is 2. The van der Waals surface area contributed by atoms with Crippen LogP contribution in [0.3, 0.4) is 0 Å². The second-order valence-corrected chi connectivity index (χ2v) is 6.04. The van der Waals surface area contributed by atoms with E-state index in [0.29, 0.717) is 19.6 Å². The van der Waals surface area contributed by atoms with Gasteiger partial charge in [-0.3, -0.25) is 4.79 Å². The Morgan fingerprint density at radius 2 is 1.54 bits per heavy atom. The standard InChI is InChI=1S/C20H28O6/c1-2-19(23)25-13-7-5-3-4-6-8-14-26-20(24)12-10-16-9-11-17(21)18(22)15-16/h2,9,11,15,21-22H,1,3-8,10,12-14H2. The van der Waals surface area contributed by atoms with Crippen LogP contribution in [0.1, 0.15) is 50.5 Å². The van der Waals surface area contributed by atoms with Gasteiger partial charge < -0.3 is 19.7 Å². The fourth-order valence-electron chi connectivity index (χ4n) is 2.37. The molecule has 0 unspecified atom stereocenters. The molecule has 0 saturated heterocycles. The minimum absolute atomic E-state index is 0.172. The minimum Gasteiger partial charge on any atom is -0.504 e. The monoisotopic (exact) mass is 364 g/mol. The lowest BCUT2D eigenvalue weighted by molar-refractivity contribution is -0.143. The van der Waals surface area contributed by atoms with Crippen LogP contribution < -0.4 is 0 Å². The third kappa shape index (κ3) is 9.71. The van der Waals surface area contributed by atoms with Gasteiger partial charge in [0, 0.05) is 12.5 Å². The van der Waals surface area contributed by atoms with Crippen LogP contribution in [-0.4, -0.2) is 35.4 Å². The predicted molar refractivity (Wildman–Crippen MR) is 97.9 cm³/mol. The maximum absolute atomic E-state index is 11.7. The first-order valence-corrected chi connectivity index (χ1v) is 8.98. The molecule has 0 spiro atoms. The third-order valence-electron chi connectivity index (χ3n) is 3.87. The van der Waals surface area contributed by atoms with E-state index in [4.69, 9.17) is 9.47 Å². The Hall–Kier alpha value is -2.50. The summed E-state index contributed by atoms with van der Waals surface area (Å²) in [6, 6.07) is 4.51. The minimum atomic E-state index is -0.381. The average Bonchev–Trinajstić information content (AvgIpc) is 2.63. The van der Waals surface area contributed by atoms with Crippen molar-refractivity contribution in [3.63, 3.8) is 0 Å². The second kappa shape index (κ2) is 12.8. The zero-order valence-corrected chi connectivity index (χ0v) is 15.1. The van der Waals surface area contributed by atoms with Crippen molar-refractivity contribution in [2.45, 2.75) is 51.4 Å². The quantitative estimate of drug-likeness (QED) is 0.240. The first-order chi connectivity index (χ1) is 12.5. The molecule has 0 aromatic heterocycles. The van der Waals surface area contributed by atoms with Gasteiger partial charge in [-0.25, -0.2) is 4.79 Å². The number of carbonyl (C=O) groups excluding carboxylic acids is 2. The lowest BCUT2D eigenvalue weighted by Gasteiger charge is -2.06. The second-order valence-electron chi connectivity index (χ2n) is 6.04. The topological polar surface area (TPSA) is 93.1 Å². The van der Waals surface area contributed by atoms with Gasteiger partial charge in [0.2, 0.25) is 0 Å². The van der Waals surface area contributed by atoms with E-state index < -0.39 is 0 Å². The van der Waals surface area contributed by atoms with E-state index >= 15 is 0 Å². The predicted octanol–water partition coefficient (Wildman–Crippen LogP) is 3.64. The molecule has 1 rings (SSSR count). The van der Waals surface area contributed by atoms with Crippen molar-refractivity contribution in [3.05, 3.63) is 36.4 Å². The van der Waals surface area contributed by atoms with Gasteiger partial charge in [0.1, 0.15) is 0 Å². The lowest BCUT2D eigenvalue weighted by Crippen LogP contribution is -2.07. The van der Waals surface area contributed by atoms with E-state index in [2.05, 4.69) is 6.58 Å². The molecule has 0 aliphatic carbocycles. The molecular weight excluding hydrogens is 336 g/mol. The van der Waals surface area contributed by atoms with Crippen LogP contribution in [-0.2, 0) is 25.5 Å². The molecule has 0 heterocycles. The van der Waals surface area contributed by atoms with Crippen molar-refractivity contribution in [2.24, 2.45) is 0 Å². The van der Waals surface area contributed by atoms with E-state index in [1.54, 1.807) is 6.07 Å². The smallest absolute Gasteiger partial charge is 0.330 e. The van der Waals surface area contributed by atoms with Crippen molar-refractivity contribution < 1.29 is 29.3 Å². The summed E-state index contributed by atoms with van der Waals surface area (Å²) in [5.41, 5.74) is 0.774. The number of hydrogen-bond donors (Lipinski definition) is 2. The van der Waals surface area contributed by atoms with Crippen LogP contribution in [0, 0.1) is 0 Å². The summed E-state index contributed by atoms with van der Waals surface area (Å²) in [5.74, 6) is -1.00. The summed E-state index contributed by atoms with van der Waals surface area (Å²) in [7, 11) is 0. The van der Waals surface area contributed by atoms with Gasteiger partial charge in [-0.15, -0.1) is 0 Å². The Labute approximate surface area is 154 Å². The molecule has 1 aromatic rings. The summed E-state index contributed by atoms with van der Waals surface area (Å²) in [6.07, 6.45) is 7.66. The van der Waals surface area contributed by atoms with E-state index in [1.807, 2.05) is 0 Å². The summed E-state index contributed by atoms with van der Waals surface area (Å²) in [5, 5.41) is 18.6. The van der Waals surface area contributed by atoms with Crippen molar-refractivity contribution >= 4 is 11.9 Å². The molecule has 6 heteroatoms. The van der Waals surface area contributed by atoms with Crippen LogP contribution in [0.15, 0.2) is 30.9 Å². The molecule has 0 atom stereocenters. The van der Waals surface area contributed by atoms with E-state index in [1.165, 1.54) is 12.1 Å². The number of carbonyl (C=O) groups is 2. The normalized spacial score (nSPS) is 10.3. The number of rotatable bonds is 13. The van der Waals surface area contributed by atoms with Crippen molar-refractivity contribution in [2.75, 3.05) is 13.2 Å². The Balaban J connectivity index is 1.95. The third-order valence-corrected chi connectivity index (χ3v) is 3.87. The zero-order chi connectivity index (χ0) is 19.2. The summed E-state index contributed by atoms with van der Waals surface area (Å²) < 4.78 is 10.1. The SMILES string of the molecule is C=CC(=O)OCCCCCCCCOC(=O)CCc1ccc(O)c(O)c1. The van der Waals surface area contributed by atoms with Crippen LogP contribution >= 0.6 is 0 Å². The van der Waals surface area contributed by atoms with Gasteiger partial charge in [0.15, 0.2) is 11.5 Å². The Kier molecular flexibility index (Phi) is 10.6. The summed E-state index contributed by atoms with van der Waals surface area (Å²) in [6.45, 7) is 4.18. The molecule has 2 N–H and O–H groups in total. The zero-order valence-electron chi connectivity index (χ0n) is 15.1. The van der Waals surface area contributed by atoms with Gasteiger partial charge >= 0.3 is 11.9 Å². The average molecular weight is 364 g/mol. The molecule has 0 fully saturated rings. The first kappa shape index (κ1) is 21.5. The highest BCUT2D eigenvalue weighted by atomic mass is 16.5. The van der Waals surface area contributed by atoms with Crippen LogP contribution in [0.4, 0.5) is 0 Å². The number of aryl methyl sites for hydroxylation is 1. The maximum Gasteiger partial charge on any atom is 0.330 e.